The second-order valence-electron chi connectivity index (χ2n) is 5.51. The third-order valence-electron chi connectivity index (χ3n) is 3.57. The van der Waals surface area contributed by atoms with E-state index in [2.05, 4.69) is 0 Å². The van der Waals surface area contributed by atoms with E-state index < -0.39 is 30.6 Å². The van der Waals surface area contributed by atoms with Gasteiger partial charge in [-0.15, -0.1) is 0 Å². The van der Waals surface area contributed by atoms with Crippen molar-refractivity contribution in [1.29, 1.82) is 0 Å². The SMILES string of the molecule is CC(C)N1CC(F)(F)C(F)(C(=O)N(C)C(C)C)C1. The molecule has 3 nitrogen and oxygen atoms in total. The van der Waals surface area contributed by atoms with E-state index in [-0.39, 0.29) is 12.1 Å². The van der Waals surface area contributed by atoms with Crippen LogP contribution >= 0.6 is 0 Å². The second-order valence-corrected chi connectivity index (χ2v) is 5.51. The lowest BCUT2D eigenvalue weighted by Gasteiger charge is -2.31. The van der Waals surface area contributed by atoms with E-state index in [0.29, 0.717) is 0 Å². The Morgan fingerprint density at radius 3 is 2.00 bits per heavy atom. The molecule has 0 aromatic carbocycles. The van der Waals surface area contributed by atoms with Gasteiger partial charge in [-0.2, -0.15) is 0 Å². The van der Waals surface area contributed by atoms with Crippen LogP contribution in [-0.4, -0.2) is 59.5 Å². The fourth-order valence-corrected chi connectivity index (χ4v) is 1.94. The first-order chi connectivity index (χ1) is 8.03. The van der Waals surface area contributed by atoms with Gasteiger partial charge in [-0.05, 0) is 27.7 Å². The first-order valence-corrected chi connectivity index (χ1v) is 6.11. The van der Waals surface area contributed by atoms with Gasteiger partial charge in [0.2, 0.25) is 0 Å². The van der Waals surface area contributed by atoms with Crippen LogP contribution in [0.15, 0.2) is 0 Å². The first kappa shape index (κ1) is 15.3. The lowest BCUT2D eigenvalue weighted by Crippen LogP contribution is -2.56. The van der Waals surface area contributed by atoms with Gasteiger partial charge in [0.15, 0.2) is 0 Å². The average molecular weight is 266 g/mol. The zero-order valence-electron chi connectivity index (χ0n) is 11.5. The van der Waals surface area contributed by atoms with Gasteiger partial charge >= 0.3 is 5.92 Å². The summed E-state index contributed by atoms with van der Waals surface area (Å²) >= 11 is 0. The molecule has 0 aromatic heterocycles. The molecule has 0 aliphatic carbocycles. The summed E-state index contributed by atoms with van der Waals surface area (Å²) in [6.07, 6.45) is 0. The van der Waals surface area contributed by atoms with E-state index in [1.807, 2.05) is 0 Å². The van der Waals surface area contributed by atoms with Gasteiger partial charge in [0.25, 0.3) is 11.6 Å². The maximum absolute atomic E-state index is 14.5. The molecule has 0 spiro atoms. The van der Waals surface area contributed by atoms with Crippen molar-refractivity contribution < 1.29 is 18.0 Å². The number of amides is 1. The Labute approximate surface area is 106 Å². The molecular weight excluding hydrogens is 245 g/mol. The van der Waals surface area contributed by atoms with Crippen molar-refractivity contribution in [2.75, 3.05) is 20.1 Å². The van der Waals surface area contributed by atoms with Crippen LogP contribution in [-0.2, 0) is 4.79 Å². The Morgan fingerprint density at radius 1 is 1.17 bits per heavy atom. The minimum absolute atomic E-state index is 0.217. The zero-order chi connectivity index (χ0) is 14.3. The molecule has 0 aromatic rings. The minimum atomic E-state index is -3.64. The largest absolute Gasteiger partial charge is 0.340 e. The number of likely N-dealkylation sites (tertiary alicyclic amines) is 1. The standard InChI is InChI=1S/C12H21F3N2O/c1-8(2)16(5)10(18)11(13)6-17(9(3)4)7-12(11,14)15/h8-9H,6-7H2,1-5H3. The van der Waals surface area contributed by atoms with Gasteiger partial charge in [-0.1, -0.05) is 0 Å². The maximum Gasteiger partial charge on any atom is 0.304 e. The molecule has 0 N–H and O–H groups in total. The topological polar surface area (TPSA) is 23.6 Å². The summed E-state index contributed by atoms with van der Waals surface area (Å²) in [4.78, 5) is 14.3. The van der Waals surface area contributed by atoms with Crippen molar-refractivity contribution in [3.8, 4) is 0 Å². The van der Waals surface area contributed by atoms with E-state index in [4.69, 9.17) is 0 Å². The number of hydrogen-bond acceptors (Lipinski definition) is 2. The number of halogens is 3. The van der Waals surface area contributed by atoms with E-state index in [9.17, 15) is 18.0 Å². The molecule has 0 radical (unpaired) electrons. The molecule has 1 heterocycles. The molecule has 1 saturated heterocycles. The van der Waals surface area contributed by atoms with Crippen LogP contribution in [0.4, 0.5) is 13.2 Å². The second kappa shape index (κ2) is 4.72. The predicted octanol–water partition coefficient (Wildman–Crippen LogP) is 1.92. The highest BCUT2D eigenvalue weighted by Crippen LogP contribution is 2.41. The average Bonchev–Trinajstić information content (AvgIpc) is 2.49. The normalized spacial score (nSPS) is 28.1. The molecule has 0 bridgehead atoms. The number of carbonyl (C=O) groups is 1. The Hall–Kier alpha value is -0.780. The fraction of sp³-hybridized carbons (Fsp3) is 0.917. The summed E-state index contributed by atoms with van der Waals surface area (Å²) in [5, 5.41) is 0. The summed E-state index contributed by atoms with van der Waals surface area (Å²) in [6.45, 7) is 5.48. The van der Waals surface area contributed by atoms with Crippen molar-refractivity contribution in [2.45, 2.75) is 51.4 Å². The lowest BCUT2D eigenvalue weighted by atomic mass is 9.99. The van der Waals surface area contributed by atoms with Crippen molar-refractivity contribution in [3.05, 3.63) is 0 Å². The number of alkyl halides is 3. The third kappa shape index (κ3) is 2.35. The summed E-state index contributed by atoms with van der Waals surface area (Å²) in [5.41, 5.74) is -3.11. The molecule has 106 valence electrons. The van der Waals surface area contributed by atoms with E-state index in [0.717, 1.165) is 4.90 Å². The van der Waals surface area contributed by atoms with Crippen molar-refractivity contribution in [3.63, 3.8) is 0 Å². The smallest absolute Gasteiger partial charge is 0.304 e. The van der Waals surface area contributed by atoms with Crippen LogP contribution in [0.2, 0.25) is 0 Å². The van der Waals surface area contributed by atoms with Crippen LogP contribution in [0.1, 0.15) is 27.7 Å². The number of nitrogens with zero attached hydrogens (tertiary/aromatic N) is 2. The number of rotatable bonds is 3. The van der Waals surface area contributed by atoms with Gasteiger partial charge in [0, 0.05) is 25.7 Å². The molecule has 1 fully saturated rings. The van der Waals surface area contributed by atoms with Gasteiger partial charge in [0.05, 0.1) is 6.54 Å². The summed E-state index contributed by atoms with van der Waals surface area (Å²) in [5.74, 6) is -4.78. The van der Waals surface area contributed by atoms with Gasteiger partial charge in [-0.25, -0.2) is 13.2 Å². The van der Waals surface area contributed by atoms with Gasteiger partial charge in [-0.3, -0.25) is 9.69 Å². The maximum atomic E-state index is 14.5. The highest BCUT2D eigenvalue weighted by atomic mass is 19.3. The zero-order valence-corrected chi connectivity index (χ0v) is 11.5. The number of hydrogen-bond donors (Lipinski definition) is 0. The molecule has 1 amide bonds. The lowest BCUT2D eigenvalue weighted by molar-refractivity contribution is -0.165. The monoisotopic (exact) mass is 266 g/mol. The highest BCUT2D eigenvalue weighted by Gasteiger charge is 2.67. The Balaban J connectivity index is 3.01. The third-order valence-corrected chi connectivity index (χ3v) is 3.57. The minimum Gasteiger partial charge on any atom is -0.340 e. The van der Waals surface area contributed by atoms with E-state index >= 15 is 0 Å². The molecule has 1 aliphatic heterocycles. The Morgan fingerprint density at radius 2 is 1.67 bits per heavy atom. The van der Waals surface area contributed by atoms with Gasteiger partial charge < -0.3 is 4.90 Å². The molecule has 1 aliphatic rings. The summed E-state index contributed by atoms with van der Waals surface area (Å²) in [7, 11) is 1.35. The van der Waals surface area contributed by atoms with E-state index in [1.54, 1.807) is 27.7 Å². The van der Waals surface area contributed by atoms with Crippen LogP contribution < -0.4 is 0 Å². The molecular formula is C12H21F3N2O. The van der Waals surface area contributed by atoms with Crippen LogP contribution in [0.5, 0.6) is 0 Å². The van der Waals surface area contributed by atoms with E-state index in [1.165, 1.54) is 11.9 Å². The Kier molecular flexibility index (Phi) is 4.00. The highest BCUT2D eigenvalue weighted by molar-refractivity contribution is 5.87. The Bertz CT molecular complexity index is 333. The first-order valence-electron chi connectivity index (χ1n) is 6.11. The molecule has 18 heavy (non-hydrogen) atoms. The molecule has 1 unspecified atom stereocenters. The summed E-state index contributed by atoms with van der Waals surface area (Å²) < 4.78 is 42.1. The van der Waals surface area contributed by atoms with Gasteiger partial charge in [0.1, 0.15) is 0 Å². The summed E-state index contributed by atoms with van der Waals surface area (Å²) in [6, 6.07) is -0.528. The number of carbonyl (C=O) groups excluding carboxylic acids is 1. The van der Waals surface area contributed by atoms with Crippen molar-refractivity contribution in [1.82, 2.24) is 9.80 Å². The fourth-order valence-electron chi connectivity index (χ4n) is 1.94. The van der Waals surface area contributed by atoms with Crippen LogP contribution in [0.25, 0.3) is 0 Å². The van der Waals surface area contributed by atoms with Crippen LogP contribution in [0, 0.1) is 0 Å². The molecule has 6 heteroatoms. The molecule has 0 saturated carbocycles. The predicted molar refractivity (Wildman–Crippen MR) is 63.4 cm³/mol. The molecule has 1 rings (SSSR count). The van der Waals surface area contributed by atoms with Crippen LogP contribution in [0.3, 0.4) is 0 Å². The van der Waals surface area contributed by atoms with Crippen molar-refractivity contribution in [2.24, 2.45) is 0 Å². The molecule has 1 atom stereocenters. The quantitative estimate of drug-likeness (QED) is 0.779. The van der Waals surface area contributed by atoms with Crippen molar-refractivity contribution >= 4 is 5.91 Å².